The van der Waals surface area contributed by atoms with E-state index in [4.69, 9.17) is 9.47 Å². The third-order valence-corrected chi connectivity index (χ3v) is 6.10. The number of aromatic nitrogens is 2. The molecule has 0 atom stereocenters. The standard InChI is InChI=1S/C32H26N2O3/c1-3-25(26-14-8-10-16-29(26)36-24-12-6-5-7-13-24)32(22-18-19-28-23(20-22)21-33-34-28)27-15-9-11-17-30(27)37-31(35)4-2/h4-21H,2-3H2,1H3,(H,33,34)/b32-25+. The molecule has 0 saturated carbocycles. The van der Waals surface area contributed by atoms with Crippen molar-refractivity contribution in [1.82, 2.24) is 10.2 Å². The van der Waals surface area contributed by atoms with Crippen molar-refractivity contribution in [3.63, 3.8) is 0 Å². The Bertz CT molecular complexity index is 1600. The molecule has 1 N–H and O–H groups in total. The molecule has 5 nitrogen and oxygen atoms in total. The van der Waals surface area contributed by atoms with E-state index in [1.807, 2.05) is 72.8 Å². The zero-order valence-electron chi connectivity index (χ0n) is 20.5. The van der Waals surface area contributed by atoms with Gasteiger partial charge in [-0.25, -0.2) is 4.79 Å². The maximum absolute atomic E-state index is 12.2. The van der Waals surface area contributed by atoms with Crippen molar-refractivity contribution in [2.75, 3.05) is 0 Å². The molecular formula is C32H26N2O3. The van der Waals surface area contributed by atoms with Gasteiger partial charge in [-0.3, -0.25) is 5.10 Å². The molecule has 0 amide bonds. The number of rotatable bonds is 8. The molecule has 0 fully saturated rings. The largest absolute Gasteiger partial charge is 0.457 e. The summed E-state index contributed by atoms with van der Waals surface area (Å²) in [7, 11) is 0. The molecular weight excluding hydrogens is 460 g/mol. The first-order valence-electron chi connectivity index (χ1n) is 12.1. The Kier molecular flexibility index (Phi) is 6.95. The number of fused-ring (bicyclic) bond motifs is 1. The van der Waals surface area contributed by atoms with Crippen LogP contribution in [0.2, 0.25) is 0 Å². The zero-order chi connectivity index (χ0) is 25.6. The number of hydrogen-bond acceptors (Lipinski definition) is 4. The number of carbonyl (C=O) groups excluding carboxylic acids is 1. The van der Waals surface area contributed by atoms with Crippen LogP contribution >= 0.6 is 0 Å². The van der Waals surface area contributed by atoms with Crippen LogP contribution in [0.3, 0.4) is 0 Å². The second kappa shape index (κ2) is 10.8. The van der Waals surface area contributed by atoms with Crippen molar-refractivity contribution < 1.29 is 14.3 Å². The van der Waals surface area contributed by atoms with Crippen molar-refractivity contribution >= 4 is 28.0 Å². The summed E-state index contributed by atoms with van der Waals surface area (Å²) in [6.45, 7) is 5.67. The van der Waals surface area contributed by atoms with E-state index in [2.05, 4.69) is 41.9 Å². The quantitative estimate of drug-likeness (QED) is 0.105. The third-order valence-electron chi connectivity index (χ3n) is 6.10. The normalized spacial score (nSPS) is 11.6. The molecule has 0 saturated heterocycles. The molecule has 0 spiro atoms. The number of hydrogen-bond donors (Lipinski definition) is 1. The average Bonchev–Trinajstić information content (AvgIpc) is 3.41. The zero-order valence-corrected chi connectivity index (χ0v) is 20.5. The van der Waals surface area contributed by atoms with E-state index in [-0.39, 0.29) is 0 Å². The molecule has 5 rings (SSSR count). The minimum atomic E-state index is -0.511. The Balaban J connectivity index is 1.77. The second-order valence-electron chi connectivity index (χ2n) is 8.41. The summed E-state index contributed by atoms with van der Waals surface area (Å²) in [5.74, 6) is 1.45. The van der Waals surface area contributed by atoms with Crippen molar-refractivity contribution in [1.29, 1.82) is 0 Å². The van der Waals surface area contributed by atoms with Crippen molar-refractivity contribution in [3.05, 3.63) is 133 Å². The van der Waals surface area contributed by atoms with Gasteiger partial charge < -0.3 is 9.47 Å². The van der Waals surface area contributed by atoms with Gasteiger partial charge in [0.1, 0.15) is 17.2 Å². The Morgan fingerprint density at radius 1 is 0.892 bits per heavy atom. The maximum Gasteiger partial charge on any atom is 0.335 e. The van der Waals surface area contributed by atoms with Gasteiger partial charge in [-0.1, -0.05) is 74.2 Å². The number of para-hydroxylation sites is 3. The fourth-order valence-electron chi connectivity index (χ4n) is 4.43. The molecule has 0 aliphatic heterocycles. The lowest BCUT2D eigenvalue weighted by atomic mass is 9.87. The highest BCUT2D eigenvalue weighted by atomic mass is 16.5. The van der Waals surface area contributed by atoms with Crippen LogP contribution in [0.5, 0.6) is 17.2 Å². The number of benzene rings is 4. The fraction of sp³-hybridized carbons (Fsp3) is 0.0625. The molecule has 1 heterocycles. The summed E-state index contributed by atoms with van der Waals surface area (Å²) in [6.07, 6.45) is 3.68. The molecule has 0 unspecified atom stereocenters. The molecule has 37 heavy (non-hydrogen) atoms. The van der Waals surface area contributed by atoms with E-state index in [0.717, 1.165) is 50.2 Å². The molecule has 0 radical (unpaired) electrons. The molecule has 0 aliphatic carbocycles. The van der Waals surface area contributed by atoms with Crippen LogP contribution in [0.1, 0.15) is 30.0 Å². The second-order valence-corrected chi connectivity index (χ2v) is 8.41. The van der Waals surface area contributed by atoms with Crippen LogP contribution in [0.4, 0.5) is 0 Å². The van der Waals surface area contributed by atoms with Crippen LogP contribution in [-0.4, -0.2) is 16.2 Å². The number of esters is 1. The van der Waals surface area contributed by atoms with E-state index < -0.39 is 5.97 Å². The highest BCUT2D eigenvalue weighted by molar-refractivity contribution is 6.03. The number of aromatic amines is 1. The summed E-state index contributed by atoms with van der Waals surface area (Å²) < 4.78 is 12.0. The molecule has 0 bridgehead atoms. The van der Waals surface area contributed by atoms with Gasteiger partial charge in [0.25, 0.3) is 0 Å². The Labute approximate surface area is 215 Å². The van der Waals surface area contributed by atoms with Crippen LogP contribution in [0.15, 0.2) is 116 Å². The monoisotopic (exact) mass is 486 g/mol. The summed E-state index contributed by atoms with van der Waals surface area (Å²) in [5.41, 5.74) is 5.68. The van der Waals surface area contributed by atoms with E-state index >= 15 is 0 Å². The van der Waals surface area contributed by atoms with Gasteiger partial charge >= 0.3 is 5.97 Å². The highest BCUT2D eigenvalue weighted by Crippen LogP contribution is 2.42. The molecule has 182 valence electrons. The highest BCUT2D eigenvalue weighted by Gasteiger charge is 2.20. The molecule has 1 aromatic heterocycles. The van der Waals surface area contributed by atoms with Crippen molar-refractivity contribution in [2.45, 2.75) is 13.3 Å². The number of carbonyl (C=O) groups is 1. The maximum atomic E-state index is 12.2. The minimum Gasteiger partial charge on any atom is -0.457 e. The Hall–Kier alpha value is -4.90. The number of nitrogens with zero attached hydrogens (tertiary/aromatic N) is 1. The van der Waals surface area contributed by atoms with Crippen LogP contribution in [0, 0.1) is 0 Å². The number of ether oxygens (including phenoxy) is 2. The summed E-state index contributed by atoms with van der Waals surface area (Å²) >= 11 is 0. The van der Waals surface area contributed by atoms with E-state index in [1.54, 1.807) is 12.3 Å². The topological polar surface area (TPSA) is 64.2 Å². The number of nitrogens with one attached hydrogen (secondary N) is 1. The molecule has 5 heteroatoms. The smallest absolute Gasteiger partial charge is 0.335 e. The van der Waals surface area contributed by atoms with Gasteiger partial charge in [0.15, 0.2) is 0 Å². The molecule has 0 aliphatic rings. The fourth-order valence-corrected chi connectivity index (χ4v) is 4.43. The summed E-state index contributed by atoms with van der Waals surface area (Å²) in [4.78, 5) is 12.2. The van der Waals surface area contributed by atoms with Gasteiger partial charge in [-0.2, -0.15) is 5.10 Å². The first-order valence-corrected chi connectivity index (χ1v) is 12.1. The van der Waals surface area contributed by atoms with Gasteiger partial charge in [-0.05, 0) is 59.5 Å². The number of allylic oxidation sites excluding steroid dienone is 1. The first-order chi connectivity index (χ1) is 18.2. The third kappa shape index (κ3) is 5.07. The van der Waals surface area contributed by atoms with Crippen molar-refractivity contribution in [2.24, 2.45) is 0 Å². The Morgan fingerprint density at radius 3 is 2.35 bits per heavy atom. The molecule has 4 aromatic carbocycles. The lowest BCUT2D eigenvalue weighted by Crippen LogP contribution is -2.06. The van der Waals surface area contributed by atoms with Gasteiger partial charge in [0, 0.05) is 22.6 Å². The summed E-state index contributed by atoms with van der Waals surface area (Å²) in [5, 5.41) is 8.19. The van der Waals surface area contributed by atoms with Crippen LogP contribution < -0.4 is 9.47 Å². The SMILES string of the molecule is C=CC(=O)Oc1ccccc1/C(=C(\CC)c1ccccc1Oc1ccccc1)c1ccc2[nH]ncc2c1. The van der Waals surface area contributed by atoms with E-state index in [1.165, 1.54) is 6.08 Å². The van der Waals surface area contributed by atoms with E-state index in [0.29, 0.717) is 12.2 Å². The van der Waals surface area contributed by atoms with Gasteiger partial charge in [0.2, 0.25) is 0 Å². The van der Waals surface area contributed by atoms with Gasteiger partial charge in [0.05, 0.1) is 11.7 Å². The van der Waals surface area contributed by atoms with Crippen LogP contribution in [0.25, 0.3) is 22.0 Å². The minimum absolute atomic E-state index is 0.460. The lowest BCUT2D eigenvalue weighted by Gasteiger charge is -2.20. The Morgan fingerprint density at radius 2 is 1.59 bits per heavy atom. The van der Waals surface area contributed by atoms with Crippen LogP contribution in [-0.2, 0) is 4.79 Å². The summed E-state index contributed by atoms with van der Waals surface area (Å²) in [6, 6.07) is 31.4. The number of H-pyrrole nitrogens is 1. The van der Waals surface area contributed by atoms with Crippen molar-refractivity contribution in [3.8, 4) is 17.2 Å². The predicted octanol–water partition coefficient (Wildman–Crippen LogP) is 7.82. The first kappa shape index (κ1) is 23.8. The predicted molar refractivity (Wildman–Crippen MR) is 148 cm³/mol. The lowest BCUT2D eigenvalue weighted by molar-refractivity contribution is -0.128. The molecule has 5 aromatic rings. The van der Waals surface area contributed by atoms with E-state index in [9.17, 15) is 4.79 Å². The van der Waals surface area contributed by atoms with Gasteiger partial charge in [-0.15, -0.1) is 0 Å². The average molecular weight is 487 g/mol.